The number of hydrogen-bond donors (Lipinski definition) is 0. The number of rotatable bonds is 5. The molecule has 0 saturated carbocycles. The summed E-state index contributed by atoms with van der Waals surface area (Å²) in [5.74, 6) is 0. The Morgan fingerprint density at radius 3 is 1.73 bits per heavy atom. The Morgan fingerprint density at radius 1 is 0.967 bits per heavy atom. The van der Waals surface area contributed by atoms with Crippen LogP contribution in [0.25, 0.3) is 0 Å². The van der Waals surface area contributed by atoms with E-state index in [2.05, 4.69) is 73.7 Å². The third kappa shape index (κ3) is 11.5. The van der Waals surface area contributed by atoms with Gasteiger partial charge in [-0.25, -0.2) is 8.78 Å². The topological polar surface area (TPSA) is 46.1 Å². The van der Waals surface area contributed by atoms with Gasteiger partial charge in [0.2, 0.25) is 0 Å². The smallest absolute Gasteiger partial charge is 0.281 e. The number of nitrogens with zero attached hydrogens (tertiary/aromatic N) is 3. The Labute approximate surface area is 206 Å². The lowest BCUT2D eigenvalue weighted by Gasteiger charge is -2.23. The van der Waals surface area contributed by atoms with Crippen LogP contribution in [0.3, 0.4) is 0 Å². The molecule has 14 heteroatoms. The van der Waals surface area contributed by atoms with Gasteiger partial charge in [0.05, 0.1) is 0 Å². The average molecular weight is 713 g/mol. The molecule has 0 unspecified atom stereocenters. The van der Waals surface area contributed by atoms with Crippen LogP contribution in [0.4, 0.5) is 20.4 Å². The van der Waals surface area contributed by atoms with Crippen LogP contribution in [0.5, 0.6) is 0 Å². The Hall–Kier alpha value is -0.150. The fourth-order valence-electron chi connectivity index (χ4n) is 1.61. The standard InChI is InChI=1S/C6H3Br2F2N.C6H3Br2NO.C4H10F3NS/c7-3-1-4(8)5(6(9)10)11-2-3;7-4-1-5(8)6(3-10)9-2-4;1-3-8(4-2)9(5,6)7/h1-2,6H;1-3H;3-4H2,1-2H3. The van der Waals surface area contributed by atoms with Gasteiger partial charge in [-0.05, 0) is 75.9 Å². The minimum atomic E-state index is -4.93. The third-order valence-electron chi connectivity index (χ3n) is 2.99. The van der Waals surface area contributed by atoms with Gasteiger partial charge in [-0.3, -0.25) is 14.8 Å². The fourth-order valence-corrected chi connectivity index (χ4v) is 4.44. The molecule has 30 heavy (non-hydrogen) atoms. The monoisotopic (exact) mass is 709 g/mol. The second-order valence-electron chi connectivity index (χ2n) is 4.96. The Bertz CT molecular complexity index is 811. The van der Waals surface area contributed by atoms with Gasteiger partial charge in [0.15, 0.2) is 6.29 Å². The van der Waals surface area contributed by atoms with Crippen LogP contribution in [-0.2, 0) is 0 Å². The van der Waals surface area contributed by atoms with Gasteiger partial charge >= 0.3 is 0 Å². The number of alkyl halides is 2. The molecule has 0 aromatic carbocycles. The molecule has 4 nitrogen and oxygen atoms in total. The highest BCUT2D eigenvalue weighted by molar-refractivity contribution is 9.11. The Balaban J connectivity index is 0.000000423. The van der Waals surface area contributed by atoms with E-state index in [0.717, 1.165) is 4.47 Å². The van der Waals surface area contributed by atoms with Gasteiger partial charge in [0.25, 0.3) is 17.8 Å². The molecule has 0 radical (unpaired) electrons. The number of carbonyl (C=O) groups is 1. The third-order valence-corrected chi connectivity index (χ3v) is 6.23. The molecule has 0 spiro atoms. The second-order valence-corrected chi connectivity index (χ2v) is 9.78. The Morgan fingerprint density at radius 2 is 1.43 bits per heavy atom. The lowest BCUT2D eigenvalue weighted by atomic mass is 10.4. The van der Waals surface area contributed by atoms with Crippen molar-refractivity contribution in [1.29, 1.82) is 0 Å². The first kappa shape index (κ1) is 29.9. The van der Waals surface area contributed by atoms with Crippen molar-refractivity contribution in [1.82, 2.24) is 14.3 Å². The molecule has 0 fully saturated rings. The van der Waals surface area contributed by atoms with Crippen molar-refractivity contribution in [3.05, 3.63) is 53.8 Å². The van der Waals surface area contributed by atoms with E-state index in [1.807, 2.05) is 0 Å². The molecule has 170 valence electrons. The van der Waals surface area contributed by atoms with Gasteiger partial charge in [0.1, 0.15) is 11.4 Å². The summed E-state index contributed by atoms with van der Waals surface area (Å²) in [6, 6.07) is 3.31. The lowest BCUT2D eigenvalue weighted by molar-refractivity contribution is 0.111. The molecule has 0 N–H and O–H groups in total. The number of pyridine rings is 2. The summed E-state index contributed by atoms with van der Waals surface area (Å²) in [5.41, 5.74) is 0.191. The van der Waals surface area contributed by atoms with Crippen molar-refractivity contribution in [2.75, 3.05) is 13.1 Å². The SMILES string of the molecule is CCN(CC)S(F)(F)F.FC(F)c1ncc(Br)cc1Br.O=Cc1ncc(Br)cc1Br. The van der Waals surface area contributed by atoms with E-state index in [-0.39, 0.29) is 18.8 Å². The van der Waals surface area contributed by atoms with Gasteiger partial charge in [0, 0.05) is 43.4 Å². The first-order chi connectivity index (χ1) is 13.9. The van der Waals surface area contributed by atoms with Crippen molar-refractivity contribution in [2.45, 2.75) is 20.3 Å². The minimum Gasteiger partial charge on any atom is -0.296 e. The number of carbonyl (C=O) groups excluding carboxylic acids is 1. The van der Waals surface area contributed by atoms with Crippen LogP contribution in [-0.4, -0.2) is 33.6 Å². The maximum atomic E-state index is 12.1. The molecule has 2 heterocycles. The molecule has 0 aliphatic heterocycles. The van der Waals surface area contributed by atoms with Crippen molar-refractivity contribution in [3.63, 3.8) is 0 Å². The van der Waals surface area contributed by atoms with Crippen molar-refractivity contribution in [3.8, 4) is 0 Å². The maximum absolute atomic E-state index is 12.1. The van der Waals surface area contributed by atoms with Crippen molar-refractivity contribution in [2.24, 2.45) is 0 Å². The van der Waals surface area contributed by atoms with E-state index in [1.165, 1.54) is 26.1 Å². The van der Waals surface area contributed by atoms with Gasteiger partial charge in [-0.1, -0.05) is 13.8 Å². The molecular formula is C16H16Br4F5N3OS. The molecule has 0 saturated heterocycles. The summed E-state index contributed by atoms with van der Waals surface area (Å²) in [6.07, 6.45) is 1.09. The van der Waals surface area contributed by atoms with Crippen LogP contribution in [0.2, 0.25) is 0 Å². The highest BCUT2D eigenvalue weighted by Gasteiger charge is 2.27. The average Bonchev–Trinajstić information content (AvgIpc) is 2.62. The highest BCUT2D eigenvalue weighted by Crippen LogP contribution is 2.56. The molecule has 2 rings (SSSR count). The normalized spacial score (nSPS) is 11.4. The predicted molar refractivity (Wildman–Crippen MR) is 123 cm³/mol. The zero-order valence-electron chi connectivity index (χ0n) is 15.4. The molecule has 0 bridgehead atoms. The fraction of sp³-hybridized carbons (Fsp3) is 0.312. The maximum Gasteiger partial charge on any atom is 0.281 e. The number of hydrogen-bond acceptors (Lipinski definition) is 4. The van der Waals surface area contributed by atoms with E-state index in [4.69, 9.17) is 0 Å². The van der Waals surface area contributed by atoms with E-state index in [0.29, 0.717) is 29.7 Å². The number of aldehydes is 1. The van der Waals surface area contributed by atoms with Gasteiger partial charge < -0.3 is 0 Å². The second kappa shape index (κ2) is 14.8. The van der Waals surface area contributed by atoms with E-state index >= 15 is 0 Å². The first-order valence-corrected chi connectivity index (χ1v) is 12.4. The Kier molecular flexibility index (Phi) is 14.8. The summed E-state index contributed by atoms with van der Waals surface area (Å²) in [7, 11) is 0. The van der Waals surface area contributed by atoms with Crippen LogP contribution >= 0.6 is 75.1 Å². The summed E-state index contributed by atoms with van der Waals surface area (Å²) in [4.78, 5) is 17.6. The quantitative estimate of drug-likeness (QED) is 0.230. The number of aromatic nitrogens is 2. The van der Waals surface area contributed by atoms with Crippen molar-refractivity contribution >= 4 is 81.4 Å². The zero-order valence-corrected chi connectivity index (χ0v) is 22.6. The minimum absolute atomic E-state index is 0.0648. The summed E-state index contributed by atoms with van der Waals surface area (Å²) < 4.78 is 62.4. The van der Waals surface area contributed by atoms with Gasteiger partial charge in [-0.15, -0.1) is 11.7 Å². The van der Waals surface area contributed by atoms with E-state index in [9.17, 15) is 25.2 Å². The van der Waals surface area contributed by atoms with Gasteiger partial charge in [-0.2, -0.15) is 4.31 Å². The molecule has 0 aliphatic rings. The van der Waals surface area contributed by atoms with Crippen LogP contribution in [0.1, 0.15) is 36.5 Å². The number of halogens is 9. The van der Waals surface area contributed by atoms with E-state index in [1.54, 1.807) is 12.3 Å². The summed E-state index contributed by atoms with van der Waals surface area (Å²) in [5, 5.41) is 0. The highest BCUT2D eigenvalue weighted by atomic mass is 79.9. The molecule has 2 aromatic heterocycles. The summed E-state index contributed by atoms with van der Waals surface area (Å²) >= 11 is 7.55. The molecule has 0 atom stereocenters. The predicted octanol–water partition coefficient (Wildman–Crippen LogP) is 8.66. The molecule has 0 amide bonds. The van der Waals surface area contributed by atoms with Crippen molar-refractivity contribution < 1.29 is 25.2 Å². The van der Waals surface area contributed by atoms with Crippen LogP contribution in [0, 0.1) is 0 Å². The molecular weight excluding hydrogens is 697 g/mol. The summed E-state index contributed by atoms with van der Waals surface area (Å²) in [6.45, 7) is 3.14. The molecule has 2 aromatic rings. The van der Waals surface area contributed by atoms with Crippen LogP contribution in [0.15, 0.2) is 42.4 Å². The van der Waals surface area contributed by atoms with E-state index < -0.39 is 17.8 Å². The lowest BCUT2D eigenvalue weighted by Crippen LogP contribution is -2.19. The molecule has 0 aliphatic carbocycles. The zero-order chi connectivity index (χ0) is 23.5. The van der Waals surface area contributed by atoms with Crippen LogP contribution < -0.4 is 0 Å². The first-order valence-electron chi connectivity index (χ1n) is 7.89. The largest absolute Gasteiger partial charge is 0.296 e.